The molecular weight excluding hydrogens is 412 g/mol. The van der Waals surface area contributed by atoms with Gasteiger partial charge in [-0.15, -0.1) is 0 Å². The number of imidazole rings is 1. The number of carbonyl (C=O) groups is 1. The molecule has 0 saturated carbocycles. The predicted octanol–water partition coefficient (Wildman–Crippen LogP) is 1.46. The Morgan fingerprint density at radius 2 is 1.81 bits per heavy atom. The summed E-state index contributed by atoms with van der Waals surface area (Å²) in [6.45, 7) is 5.63. The predicted molar refractivity (Wildman–Crippen MR) is 118 cm³/mol. The molecule has 0 N–H and O–H groups in total. The van der Waals surface area contributed by atoms with E-state index in [0.29, 0.717) is 12.5 Å². The zero-order valence-electron chi connectivity index (χ0n) is 18.4. The van der Waals surface area contributed by atoms with Crippen LogP contribution < -0.4 is 11.2 Å². The number of carbonyl (C=O) groups excluding carboxylic acids is 1. The summed E-state index contributed by atoms with van der Waals surface area (Å²) in [5, 5.41) is 4.45. The first kappa shape index (κ1) is 21.3. The summed E-state index contributed by atoms with van der Waals surface area (Å²) in [6.07, 6.45) is 0. The van der Waals surface area contributed by atoms with Gasteiger partial charge in [0.25, 0.3) is 5.56 Å². The number of nitrogens with zero attached hydrogens (tertiary/aromatic N) is 6. The minimum atomic E-state index is -0.672. The minimum absolute atomic E-state index is 0.0615. The molecule has 32 heavy (non-hydrogen) atoms. The van der Waals surface area contributed by atoms with Crippen LogP contribution in [0.2, 0.25) is 0 Å². The van der Waals surface area contributed by atoms with Crippen LogP contribution in [0.15, 0.2) is 46.0 Å². The molecule has 10 heteroatoms. The topological polar surface area (TPSA) is 106 Å². The van der Waals surface area contributed by atoms with Crippen molar-refractivity contribution < 1.29 is 9.53 Å². The number of rotatable bonds is 6. The van der Waals surface area contributed by atoms with Crippen LogP contribution in [0.25, 0.3) is 17.1 Å². The molecule has 4 rings (SSSR count). The van der Waals surface area contributed by atoms with Crippen LogP contribution in [0.5, 0.6) is 0 Å². The Morgan fingerprint density at radius 1 is 1.09 bits per heavy atom. The van der Waals surface area contributed by atoms with Crippen LogP contribution in [0, 0.1) is 13.8 Å². The van der Waals surface area contributed by atoms with Gasteiger partial charge >= 0.3 is 11.7 Å². The van der Waals surface area contributed by atoms with Crippen molar-refractivity contribution in [2.24, 2.45) is 7.05 Å². The number of fused-ring (bicyclic) bond motifs is 1. The summed E-state index contributed by atoms with van der Waals surface area (Å²) >= 11 is 0. The van der Waals surface area contributed by atoms with E-state index in [9.17, 15) is 14.4 Å². The maximum Gasteiger partial charge on any atom is 0.333 e. The molecule has 0 spiro atoms. The Labute approximate surface area is 183 Å². The molecule has 4 aromatic rings. The van der Waals surface area contributed by atoms with Crippen LogP contribution >= 0.6 is 0 Å². The van der Waals surface area contributed by atoms with Crippen molar-refractivity contribution in [3.63, 3.8) is 0 Å². The SMILES string of the molecule is CCn1c(-n2nc(C)cc2C)nc2c1c(=O)n(CC(=O)OCc1ccccc1)c(=O)n2C. The van der Waals surface area contributed by atoms with E-state index in [1.165, 1.54) is 11.6 Å². The molecule has 0 radical (unpaired) electrons. The summed E-state index contributed by atoms with van der Waals surface area (Å²) in [4.78, 5) is 43.1. The number of esters is 1. The fourth-order valence-corrected chi connectivity index (χ4v) is 3.70. The third-order valence-corrected chi connectivity index (χ3v) is 5.26. The summed E-state index contributed by atoms with van der Waals surface area (Å²) < 4.78 is 10.7. The molecule has 0 unspecified atom stereocenters. The molecule has 0 amide bonds. The van der Waals surface area contributed by atoms with Crippen molar-refractivity contribution in [3.05, 3.63) is 74.2 Å². The molecule has 0 aliphatic rings. The van der Waals surface area contributed by atoms with E-state index < -0.39 is 23.8 Å². The van der Waals surface area contributed by atoms with Gasteiger partial charge in [-0.3, -0.25) is 14.2 Å². The third-order valence-electron chi connectivity index (χ3n) is 5.26. The maximum absolute atomic E-state index is 13.3. The highest BCUT2D eigenvalue weighted by atomic mass is 16.5. The first-order valence-electron chi connectivity index (χ1n) is 10.2. The van der Waals surface area contributed by atoms with Crippen molar-refractivity contribution >= 4 is 17.1 Å². The van der Waals surface area contributed by atoms with Crippen molar-refractivity contribution in [1.82, 2.24) is 28.5 Å². The van der Waals surface area contributed by atoms with Crippen molar-refractivity contribution in [2.75, 3.05) is 0 Å². The number of hydrogen-bond acceptors (Lipinski definition) is 6. The largest absolute Gasteiger partial charge is 0.459 e. The lowest BCUT2D eigenvalue weighted by Gasteiger charge is -2.10. The highest BCUT2D eigenvalue weighted by molar-refractivity contribution is 5.74. The number of ether oxygens (including phenoxy) is 1. The zero-order valence-corrected chi connectivity index (χ0v) is 18.4. The second kappa shape index (κ2) is 8.29. The van der Waals surface area contributed by atoms with Crippen LogP contribution in [0.4, 0.5) is 0 Å². The molecule has 3 heterocycles. The van der Waals surface area contributed by atoms with Crippen LogP contribution in [-0.2, 0) is 36.3 Å². The molecule has 0 saturated heterocycles. The minimum Gasteiger partial charge on any atom is -0.459 e. The summed E-state index contributed by atoms with van der Waals surface area (Å²) in [5.74, 6) is -0.238. The van der Waals surface area contributed by atoms with Gasteiger partial charge in [-0.1, -0.05) is 30.3 Å². The van der Waals surface area contributed by atoms with Gasteiger partial charge < -0.3 is 9.30 Å². The van der Waals surface area contributed by atoms with E-state index in [2.05, 4.69) is 10.1 Å². The zero-order chi connectivity index (χ0) is 23.0. The molecule has 0 aliphatic carbocycles. The van der Waals surface area contributed by atoms with Gasteiger partial charge in [0.05, 0.1) is 5.69 Å². The number of benzene rings is 1. The second-order valence-corrected chi connectivity index (χ2v) is 7.55. The molecular formula is C22H24N6O4. The number of aryl methyl sites for hydroxylation is 4. The van der Waals surface area contributed by atoms with Crippen molar-refractivity contribution in [2.45, 2.75) is 40.5 Å². The van der Waals surface area contributed by atoms with Gasteiger partial charge in [0.15, 0.2) is 11.2 Å². The summed E-state index contributed by atoms with van der Waals surface area (Å²) in [6, 6.07) is 11.1. The Hall–Kier alpha value is -3.95. The molecule has 1 aromatic carbocycles. The Bertz CT molecular complexity index is 1420. The number of hydrogen-bond donors (Lipinski definition) is 0. The lowest BCUT2D eigenvalue weighted by molar-refractivity contribution is -0.145. The van der Waals surface area contributed by atoms with Crippen molar-refractivity contribution in [3.8, 4) is 5.95 Å². The fraction of sp³-hybridized carbons (Fsp3) is 0.318. The van der Waals surface area contributed by atoms with E-state index in [1.807, 2.05) is 57.2 Å². The smallest absolute Gasteiger partial charge is 0.333 e. The van der Waals surface area contributed by atoms with Gasteiger partial charge in [0.1, 0.15) is 13.2 Å². The maximum atomic E-state index is 13.3. The molecule has 0 bridgehead atoms. The molecule has 166 valence electrons. The Balaban J connectivity index is 1.76. The van der Waals surface area contributed by atoms with E-state index >= 15 is 0 Å². The van der Waals surface area contributed by atoms with Gasteiger partial charge in [0, 0.05) is 19.3 Å². The van der Waals surface area contributed by atoms with E-state index in [0.717, 1.165) is 21.5 Å². The van der Waals surface area contributed by atoms with E-state index in [4.69, 9.17) is 4.74 Å². The van der Waals surface area contributed by atoms with Gasteiger partial charge in [-0.25, -0.2) is 14.0 Å². The molecule has 0 fully saturated rings. The average Bonchev–Trinajstić information content (AvgIpc) is 3.33. The monoisotopic (exact) mass is 436 g/mol. The quantitative estimate of drug-likeness (QED) is 0.424. The molecule has 10 nitrogen and oxygen atoms in total. The standard InChI is InChI=1S/C22H24N6O4/c1-5-26-18-19(23-21(26)28-15(3)11-14(2)24-28)25(4)22(31)27(20(18)30)12-17(29)32-13-16-9-7-6-8-10-16/h6-11H,5,12-13H2,1-4H3. The number of aromatic nitrogens is 6. The van der Waals surface area contributed by atoms with E-state index in [-0.39, 0.29) is 17.8 Å². The highest BCUT2D eigenvalue weighted by Gasteiger charge is 2.23. The Kier molecular flexibility index (Phi) is 5.52. The summed E-state index contributed by atoms with van der Waals surface area (Å²) in [7, 11) is 1.52. The first-order chi connectivity index (χ1) is 15.3. The van der Waals surface area contributed by atoms with Crippen LogP contribution in [0.3, 0.4) is 0 Å². The molecule has 0 aliphatic heterocycles. The fourth-order valence-electron chi connectivity index (χ4n) is 3.70. The van der Waals surface area contributed by atoms with Gasteiger partial charge in [-0.05, 0) is 32.4 Å². The van der Waals surface area contributed by atoms with Crippen LogP contribution in [0.1, 0.15) is 23.9 Å². The summed E-state index contributed by atoms with van der Waals surface area (Å²) in [5.41, 5.74) is 1.70. The van der Waals surface area contributed by atoms with Gasteiger partial charge in [0.2, 0.25) is 5.95 Å². The third kappa shape index (κ3) is 3.64. The first-order valence-corrected chi connectivity index (χ1v) is 10.2. The van der Waals surface area contributed by atoms with Crippen LogP contribution in [-0.4, -0.2) is 34.4 Å². The lowest BCUT2D eigenvalue weighted by atomic mass is 10.2. The molecule has 3 aromatic heterocycles. The average molecular weight is 436 g/mol. The van der Waals surface area contributed by atoms with E-state index in [1.54, 1.807) is 9.25 Å². The molecule has 0 atom stereocenters. The normalized spacial score (nSPS) is 11.2. The Morgan fingerprint density at radius 3 is 2.44 bits per heavy atom. The van der Waals surface area contributed by atoms with Gasteiger partial charge in [-0.2, -0.15) is 10.1 Å². The lowest BCUT2D eigenvalue weighted by Crippen LogP contribution is -2.41. The highest BCUT2D eigenvalue weighted by Crippen LogP contribution is 2.17. The van der Waals surface area contributed by atoms with Crippen molar-refractivity contribution in [1.29, 1.82) is 0 Å². The second-order valence-electron chi connectivity index (χ2n) is 7.55.